The molecule has 2 heterocycles. The van der Waals surface area contributed by atoms with E-state index in [1.165, 1.54) is 6.21 Å². The maximum absolute atomic E-state index is 10.4. The van der Waals surface area contributed by atoms with Gasteiger partial charge < -0.3 is 0 Å². The third-order valence-corrected chi connectivity index (χ3v) is 1.66. The summed E-state index contributed by atoms with van der Waals surface area (Å²) in [5.74, 6) is 0.184. The summed E-state index contributed by atoms with van der Waals surface area (Å²) in [6.07, 6.45) is 1.26. The molecule has 0 saturated heterocycles. The van der Waals surface area contributed by atoms with Gasteiger partial charge >= 0.3 is 0 Å². The summed E-state index contributed by atoms with van der Waals surface area (Å²) in [5, 5.41) is 10.0. The molecule has 0 N–H and O–H groups in total. The molecule has 0 amide bonds. The fourth-order valence-corrected chi connectivity index (χ4v) is 0.988. The maximum atomic E-state index is 10.4. The summed E-state index contributed by atoms with van der Waals surface area (Å²) in [7, 11) is -2.44. The topological polar surface area (TPSA) is 95.9 Å². The number of rotatable bonds is 0. The Labute approximate surface area is 67.8 Å². The van der Waals surface area contributed by atoms with E-state index in [1.807, 2.05) is 0 Å². The van der Waals surface area contributed by atoms with Crippen LogP contribution in [0.5, 0.6) is 0 Å². The molecule has 0 aromatic heterocycles. The molecule has 2 rings (SSSR count). The van der Waals surface area contributed by atoms with Crippen LogP contribution in [0, 0.1) is 0 Å². The molecule has 0 aromatic carbocycles. The van der Waals surface area contributed by atoms with Crippen LogP contribution in [0.2, 0.25) is 0 Å². The molecule has 0 aromatic rings. The molecule has 0 fully saturated rings. The second kappa shape index (κ2) is 2.41. The fourth-order valence-electron chi connectivity index (χ4n) is 0.688. The molecular formula is C4HN5O2S. The smallest absolute Gasteiger partial charge is 0.221 e. The number of hydrogen-bond donors (Lipinski definition) is 0. The van der Waals surface area contributed by atoms with Crippen LogP contribution in [-0.4, -0.2) is 31.3 Å². The summed E-state index contributed by atoms with van der Waals surface area (Å²) in [4.78, 5) is 7.09. The van der Waals surface area contributed by atoms with Gasteiger partial charge in [-0.1, -0.05) is 0 Å². The highest BCUT2D eigenvalue weighted by Gasteiger charge is 2.17. The van der Waals surface area contributed by atoms with Crippen LogP contribution in [0.4, 0.5) is 0 Å². The van der Waals surface area contributed by atoms with E-state index < -0.39 is 10.3 Å². The molecule has 0 radical (unpaired) electrons. The Kier molecular flexibility index (Phi) is 1.40. The SMILES string of the molecule is O=S(=O)=C1N=CC2=NN=NC2=N1. The van der Waals surface area contributed by atoms with Crippen LogP contribution in [-0.2, 0) is 10.3 Å². The van der Waals surface area contributed by atoms with Gasteiger partial charge in [-0.15, -0.1) is 10.2 Å². The van der Waals surface area contributed by atoms with Crippen molar-refractivity contribution >= 4 is 33.2 Å². The first kappa shape index (κ1) is 6.98. The minimum atomic E-state index is -2.44. The van der Waals surface area contributed by atoms with Gasteiger partial charge in [-0.3, -0.25) is 0 Å². The lowest BCUT2D eigenvalue weighted by atomic mass is 10.3. The van der Waals surface area contributed by atoms with Crippen molar-refractivity contribution in [1.29, 1.82) is 0 Å². The maximum Gasteiger partial charge on any atom is 0.278 e. The van der Waals surface area contributed by atoms with Crippen LogP contribution < -0.4 is 0 Å². The van der Waals surface area contributed by atoms with E-state index in [0.717, 1.165) is 0 Å². The van der Waals surface area contributed by atoms with Gasteiger partial charge in [-0.05, 0) is 5.22 Å². The predicted octanol–water partition coefficient (Wildman–Crippen LogP) is -0.742. The summed E-state index contributed by atoms with van der Waals surface area (Å²) in [6, 6.07) is 0. The molecule has 2 aliphatic heterocycles. The van der Waals surface area contributed by atoms with E-state index in [9.17, 15) is 8.42 Å². The van der Waals surface area contributed by atoms with Gasteiger partial charge in [0.1, 0.15) is 0 Å². The summed E-state index contributed by atoms with van der Waals surface area (Å²) in [6.45, 7) is 0. The molecular weight excluding hydrogens is 182 g/mol. The van der Waals surface area contributed by atoms with Gasteiger partial charge in [0, 0.05) is 0 Å². The van der Waals surface area contributed by atoms with Crippen molar-refractivity contribution in [2.45, 2.75) is 0 Å². The van der Waals surface area contributed by atoms with Crippen LogP contribution in [0.25, 0.3) is 0 Å². The lowest BCUT2D eigenvalue weighted by Gasteiger charge is -1.95. The van der Waals surface area contributed by atoms with E-state index in [1.54, 1.807) is 0 Å². The molecule has 2 aliphatic rings. The first-order valence-corrected chi connectivity index (χ1v) is 3.93. The van der Waals surface area contributed by atoms with Crippen molar-refractivity contribution in [2.75, 3.05) is 0 Å². The van der Waals surface area contributed by atoms with Crippen molar-refractivity contribution in [3.63, 3.8) is 0 Å². The number of amidine groups is 1. The lowest BCUT2D eigenvalue weighted by molar-refractivity contribution is 0.626. The molecule has 7 nitrogen and oxygen atoms in total. The Morgan fingerprint density at radius 2 is 2.17 bits per heavy atom. The fraction of sp³-hybridized carbons (Fsp3) is 0. The zero-order valence-electron chi connectivity index (χ0n) is 5.54. The number of aliphatic imine (C=N–C) groups is 2. The number of fused-ring (bicyclic) bond motifs is 1. The van der Waals surface area contributed by atoms with Crippen LogP contribution in [0.15, 0.2) is 25.4 Å². The monoisotopic (exact) mass is 183 g/mol. The van der Waals surface area contributed by atoms with E-state index in [2.05, 4.69) is 25.4 Å². The van der Waals surface area contributed by atoms with Gasteiger partial charge in [0.2, 0.25) is 5.84 Å². The highest BCUT2D eigenvalue weighted by Crippen LogP contribution is 2.02. The van der Waals surface area contributed by atoms with Crippen molar-refractivity contribution in [1.82, 2.24) is 0 Å². The quantitative estimate of drug-likeness (QED) is 0.462. The van der Waals surface area contributed by atoms with Crippen molar-refractivity contribution < 1.29 is 8.42 Å². The van der Waals surface area contributed by atoms with E-state index in [4.69, 9.17) is 0 Å². The third kappa shape index (κ3) is 0.975. The third-order valence-electron chi connectivity index (χ3n) is 1.17. The standard InChI is InChI=1S/C4HN5O2S/c10-12(11)4-5-1-2-3(6-4)8-9-7-2/h1H. The van der Waals surface area contributed by atoms with Gasteiger partial charge in [0.05, 0.1) is 6.21 Å². The first-order chi connectivity index (χ1) is 5.77. The molecule has 60 valence electrons. The number of hydrogen-bond acceptors (Lipinski definition) is 5. The van der Waals surface area contributed by atoms with Gasteiger partial charge in [0.15, 0.2) is 5.71 Å². The van der Waals surface area contributed by atoms with E-state index in [-0.39, 0.29) is 10.9 Å². The predicted molar refractivity (Wildman–Crippen MR) is 42.1 cm³/mol. The Morgan fingerprint density at radius 1 is 1.33 bits per heavy atom. The second-order valence-electron chi connectivity index (χ2n) is 1.89. The lowest BCUT2D eigenvalue weighted by Crippen LogP contribution is -2.17. The zero-order chi connectivity index (χ0) is 8.55. The molecule has 8 heteroatoms. The number of nitrogens with zero attached hydrogens (tertiary/aromatic N) is 5. The average molecular weight is 183 g/mol. The average Bonchev–Trinajstić information content (AvgIpc) is 2.49. The first-order valence-electron chi connectivity index (χ1n) is 2.85. The highest BCUT2D eigenvalue weighted by atomic mass is 32.2. The molecule has 0 saturated carbocycles. The zero-order valence-corrected chi connectivity index (χ0v) is 6.35. The Morgan fingerprint density at radius 3 is 2.92 bits per heavy atom. The van der Waals surface area contributed by atoms with Gasteiger partial charge in [-0.25, -0.2) is 4.99 Å². The molecule has 0 spiro atoms. The molecule has 0 aliphatic carbocycles. The van der Waals surface area contributed by atoms with Crippen molar-refractivity contribution in [3.8, 4) is 0 Å². The summed E-state index contributed by atoms with van der Waals surface area (Å²) in [5.41, 5.74) is 0.379. The Bertz CT molecular complexity index is 472. The van der Waals surface area contributed by atoms with Crippen molar-refractivity contribution in [3.05, 3.63) is 0 Å². The Balaban J connectivity index is 2.61. The van der Waals surface area contributed by atoms with Crippen LogP contribution in [0.1, 0.15) is 0 Å². The normalized spacial score (nSPS) is 18.8. The molecule has 0 bridgehead atoms. The van der Waals surface area contributed by atoms with E-state index >= 15 is 0 Å². The molecule has 0 atom stereocenters. The van der Waals surface area contributed by atoms with Gasteiger partial charge in [-0.2, -0.15) is 13.4 Å². The van der Waals surface area contributed by atoms with Crippen molar-refractivity contribution in [2.24, 2.45) is 25.4 Å². The van der Waals surface area contributed by atoms with E-state index in [0.29, 0.717) is 5.71 Å². The summed E-state index contributed by atoms with van der Waals surface area (Å²) >= 11 is 0. The van der Waals surface area contributed by atoms with Crippen LogP contribution in [0.3, 0.4) is 0 Å². The minimum Gasteiger partial charge on any atom is -0.221 e. The molecule has 12 heavy (non-hydrogen) atoms. The largest absolute Gasteiger partial charge is 0.278 e. The summed E-state index contributed by atoms with van der Waals surface area (Å²) < 4.78 is 20.7. The van der Waals surface area contributed by atoms with Gasteiger partial charge in [0.25, 0.3) is 15.4 Å². The highest BCUT2D eigenvalue weighted by molar-refractivity contribution is 7.73. The second-order valence-corrected chi connectivity index (χ2v) is 2.72. The minimum absolute atomic E-state index is 0.184. The molecule has 0 unspecified atom stereocenters. The Hall–Kier alpha value is -1.70. The van der Waals surface area contributed by atoms with Crippen LogP contribution >= 0.6 is 0 Å².